The fourth-order valence-electron chi connectivity index (χ4n) is 5.60. The molecule has 1 aliphatic rings. The van der Waals surface area contributed by atoms with Crippen molar-refractivity contribution in [1.29, 1.82) is 0 Å². The number of carbonyl (C=O) groups is 1. The molecular weight excluding hydrogens is 522 g/mol. The third-order valence-electron chi connectivity index (χ3n) is 7.68. The molecule has 0 aliphatic carbocycles. The van der Waals surface area contributed by atoms with Crippen molar-refractivity contribution in [3.05, 3.63) is 64.3 Å². The molecule has 0 bridgehead atoms. The summed E-state index contributed by atoms with van der Waals surface area (Å²) in [6, 6.07) is 13.8. The summed E-state index contributed by atoms with van der Waals surface area (Å²) in [4.78, 5) is 21.2. The Kier molecular flexibility index (Phi) is 11.2. The van der Waals surface area contributed by atoms with Gasteiger partial charge in [0.2, 0.25) is 0 Å². The minimum Gasteiger partial charge on any atom is -0.494 e. The highest BCUT2D eigenvalue weighted by atomic mass is 35.5. The summed E-state index contributed by atoms with van der Waals surface area (Å²) >= 11 is 6.33. The van der Waals surface area contributed by atoms with Crippen LogP contribution in [0.15, 0.2) is 42.5 Å². The normalized spacial score (nSPS) is 15.2. The molecule has 2 heterocycles. The molecule has 0 saturated carbocycles. The number of hydrogen-bond donors (Lipinski definition) is 1. The third kappa shape index (κ3) is 7.73. The standard InChI is InChI=1S/C33H46ClN3O3/c1-5-18-36(6-2)19-9-7-8-10-21-39-27-14-11-25(12-15-27)32-31-28(29-22-26(34)13-16-30(29)35-31)17-20-37(32)33(38)40-23-24(3)4/h11-16,22,24,32,35H,5-10,17-21,23H2,1-4H3. The van der Waals surface area contributed by atoms with Crippen molar-refractivity contribution in [2.24, 2.45) is 5.92 Å². The van der Waals surface area contributed by atoms with Crippen LogP contribution in [0.4, 0.5) is 4.79 Å². The lowest BCUT2D eigenvalue weighted by molar-refractivity contribution is 0.0797. The highest BCUT2D eigenvalue weighted by Gasteiger charge is 2.35. The van der Waals surface area contributed by atoms with Crippen LogP contribution in [0.3, 0.4) is 0 Å². The van der Waals surface area contributed by atoms with E-state index in [4.69, 9.17) is 21.1 Å². The maximum absolute atomic E-state index is 13.2. The predicted octanol–water partition coefficient (Wildman–Crippen LogP) is 8.23. The number of amides is 1. The van der Waals surface area contributed by atoms with Crippen molar-refractivity contribution in [3.8, 4) is 5.75 Å². The number of ether oxygens (including phenoxy) is 2. The Balaban J connectivity index is 1.41. The lowest BCUT2D eigenvalue weighted by Crippen LogP contribution is -2.41. The summed E-state index contributed by atoms with van der Waals surface area (Å²) < 4.78 is 11.7. The second kappa shape index (κ2) is 14.8. The average molecular weight is 568 g/mol. The number of halogens is 1. The SMILES string of the molecule is CCCN(CC)CCCCCCOc1ccc(C2c3[nH]c4ccc(Cl)cc4c3CCN2C(=O)OCC(C)C)cc1. The van der Waals surface area contributed by atoms with Crippen LogP contribution in [0, 0.1) is 5.92 Å². The zero-order valence-electron chi connectivity index (χ0n) is 24.7. The molecule has 1 aromatic heterocycles. The smallest absolute Gasteiger partial charge is 0.410 e. The van der Waals surface area contributed by atoms with Gasteiger partial charge in [-0.3, -0.25) is 4.90 Å². The van der Waals surface area contributed by atoms with Gasteiger partial charge < -0.3 is 19.4 Å². The van der Waals surface area contributed by atoms with Crippen molar-refractivity contribution in [1.82, 2.24) is 14.8 Å². The molecule has 1 atom stereocenters. The topological polar surface area (TPSA) is 57.8 Å². The number of fused-ring (bicyclic) bond motifs is 3. The van der Waals surface area contributed by atoms with Crippen molar-refractivity contribution < 1.29 is 14.3 Å². The number of carbonyl (C=O) groups excluding carboxylic acids is 1. The molecular formula is C33H46ClN3O3. The van der Waals surface area contributed by atoms with Gasteiger partial charge in [-0.15, -0.1) is 0 Å². The summed E-state index contributed by atoms with van der Waals surface area (Å²) in [6.45, 7) is 13.8. The van der Waals surface area contributed by atoms with Gasteiger partial charge in [-0.25, -0.2) is 4.79 Å². The quantitative estimate of drug-likeness (QED) is 0.199. The molecule has 40 heavy (non-hydrogen) atoms. The molecule has 0 saturated heterocycles. The highest BCUT2D eigenvalue weighted by molar-refractivity contribution is 6.31. The van der Waals surface area contributed by atoms with Crippen LogP contribution in [0.2, 0.25) is 5.02 Å². The summed E-state index contributed by atoms with van der Waals surface area (Å²) in [6.07, 6.45) is 6.43. The molecule has 6 nitrogen and oxygen atoms in total. The Morgan fingerprint density at radius 2 is 1.85 bits per heavy atom. The number of unbranched alkanes of at least 4 members (excludes halogenated alkanes) is 3. The van der Waals surface area contributed by atoms with Gasteiger partial charge in [0.15, 0.2) is 0 Å². The summed E-state index contributed by atoms with van der Waals surface area (Å²) in [5, 5.41) is 1.83. The first-order valence-electron chi connectivity index (χ1n) is 15.1. The lowest BCUT2D eigenvalue weighted by Gasteiger charge is -2.35. The first-order chi connectivity index (χ1) is 19.4. The second-order valence-corrected chi connectivity index (χ2v) is 11.7. The molecule has 4 rings (SSSR count). The molecule has 1 N–H and O–H groups in total. The molecule has 1 unspecified atom stereocenters. The van der Waals surface area contributed by atoms with Crippen molar-refractivity contribution in [2.75, 3.05) is 39.4 Å². The largest absolute Gasteiger partial charge is 0.494 e. The van der Waals surface area contributed by atoms with E-state index in [0.717, 1.165) is 53.9 Å². The van der Waals surface area contributed by atoms with E-state index < -0.39 is 0 Å². The van der Waals surface area contributed by atoms with Crippen LogP contribution < -0.4 is 4.74 Å². The minimum atomic E-state index is -0.280. The van der Waals surface area contributed by atoms with E-state index in [2.05, 4.69) is 35.9 Å². The van der Waals surface area contributed by atoms with Gasteiger partial charge in [-0.1, -0.05) is 64.3 Å². The maximum atomic E-state index is 13.2. The predicted molar refractivity (Wildman–Crippen MR) is 165 cm³/mol. The van der Waals surface area contributed by atoms with E-state index in [9.17, 15) is 4.79 Å². The monoisotopic (exact) mass is 567 g/mol. The van der Waals surface area contributed by atoms with Crippen LogP contribution in [-0.2, 0) is 11.2 Å². The Labute approximate surface area is 245 Å². The van der Waals surface area contributed by atoms with Gasteiger partial charge in [0.1, 0.15) is 11.8 Å². The Hall–Kier alpha value is -2.70. The molecule has 0 fully saturated rings. The van der Waals surface area contributed by atoms with Gasteiger partial charge in [-0.2, -0.15) is 0 Å². The number of nitrogens with zero attached hydrogens (tertiary/aromatic N) is 2. The fourth-order valence-corrected chi connectivity index (χ4v) is 5.77. The summed E-state index contributed by atoms with van der Waals surface area (Å²) in [5.41, 5.74) is 4.30. The fraction of sp³-hybridized carbons (Fsp3) is 0.545. The van der Waals surface area contributed by atoms with Gasteiger partial charge in [0.25, 0.3) is 0 Å². The minimum absolute atomic E-state index is 0.265. The molecule has 7 heteroatoms. The van der Waals surface area contributed by atoms with E-state index >= 15 is 0 Å². The van der Waals surface area contributed by atoms with E-state index in [1.165, 1.54) is 44.3 Å². The van der Waals surface area contributed by atoms with Gasteiger partial charge in [-0.05, 0) is 92.7 Å². The number of benzene rings is 2. The molecule has 218 valence electrons. The third-order valence-corrected chi connectivity index (χ3v) is 7.92. The van der Waals surface area contributed by atoms with E-state index in [-0.39, 0.29) is 18.1 Å². The first kappa shape index (κ1) is 30.3. The Morgan fingerprint density at radius 3 is 2.58 bits per heavy atom. The van der Waals surface area contributed by atoms with E-state index in [1.807, 2.05) is 49.1 Å². The van der Waals surface area contributed by atoms with Crippen LogP contribution in [-0.4, -0.2) is 60.3 Å². The molecule has 0 spiro atoms. The lowest BCUT2D eigenvalue weighted by atomic mass is 9.92. The zero-order valence-corrected chi connectivity index (χ0v) is 25.4. The summed E-state index contributed by atoms with van der Waals surface area (Å²) in [5.74, 6) is 1.14. The number of nitrogens with one attached hydrogen (secondary N) is 1. The average Bonchev–Trinajstić information content (AvgIpc) is 3.32. The molecule has 1 amide bonds. The zero-order chi connectivity index (χ0) is 28.5. The highest BCUT2D eigenvalue weighted by Crippen LogP contribution is 2.39. The van der Waals surface area contributed by atoms with Gasteiger partial charge in [0, 0.05) is 28.2 Å². The Bertz CT molecular complexity index is 1220. The van der Waals surface area contributed by atoms with Crippen molar-refractivity contribution in [3.63, 3.8) is 0 Å². The molecule has 3 aromatic rings. The van der Waals surface area contributed by atoms with Crippen LogP contribution in [0.25, 0.3) is 10.9 Å². The number of hydrogen-bond acceptors (Lipinski definition) is 4. The van der Waals surface area contributed by atoms with Crippen molar-refractivity contribution >= 4 is 28.6 Å². The number of H-pyrrole nitrogens is 1. The Morgan fingerprint density at radius 1 is 1.07 bits per heavy atom. The number of rotatable bonds is 14. The van der Waals surface area contributed by atoms with E-state index in [0.29, 0.717) is 18.2 Å². The summed E-state index contributed by atoms with van der Waals surface area (Å²) in [7, 11) is 0. The van der Waals surface area contributed by atoms with Gasteiger partial charge in [0.05, 0.1) is 13.2 Å². The van der Waals surface area contributed by atoms with E-state index in [1.54, 1.807) is 0 Å². The molecule has 0 radical (unpaired) electrons. The molecule has 2 aromatic carbocycles. The second-order valence-electron chi connectivity index (χ2n) is 11.3. The van der Waals surface area contributed by atoms with Gasteiger partial charge >= 0.3 is 6.09 Å². The van der Waals surface area contributed by atoms with Crippen LogP contribution in [0.1, 0.15) is 82.7 Å². The maximum Gasteiger partial charge on any atom is 0.410 e. The van der Waals surface area contributed by atoms with Crippen LogP contribution >= 0.6 is 11.6 Å². The number of aromatic amines is 1. The van der Waals surface area contributed by atoms with Crippen molar-refractivity contribution in [2.45, 2.75) is 72.3 Å². The number of aromatic nitrogens is 1. The van der Waals surface area contributed by atoms with Crippen LogP contribution in [0.5, 0.6) is 5.75 Å². The first-order valence-corrected chi connectivity index (χ1v) is 15.5. The molecule has 1 aliphatic heterocycles.